The van der Waals surface area contributed by atoms with Gasteiger partial charge in [-0.2, -0.15) is 5.10 Å². The number of aromatic nitrogens is 2. The van der Waals surface area contributed by atoms with E-state index in [-0.39, 0.29) is 5.82 Å². The molecule has 0 atom stereocenters. The summed E-state index contributed by atoms with van der Waals surface area (Å²) in [6.45, 7) is 0.573. The molecule has 110 valence electrons. The molecule has 0 spiro atoms. The minimum absolute atomic E-state index is 0.237. The molecule has 0 aliphatic heterocycles. The van der Waals surface area contributed by atoms with Crippen LogP contribution in [0.4, 0.5) is 10.2 Å². The molecule has 0 bridgehead atoms. The monoisotopic (exact) mass is 368 g/mol. The fourth-order valence-electron chi connectivity index (χ4n) is 1.90. The van der Waals surface area contributed by atoms with Crippen LogP contribution in [-0.4, -0.2) is 20.9 Å². The summed E-state index contributed by atoms with van der Waals surface area (Å²) in [6.07, 6.45) is 4.20. The number of thiocarbonyl (C=S) groups is 1. The zero-order chi connectivity index (χ0) is 14.8. The molecule has 1 aliphatic rings. The highest BCUT2D eigenvalue weighted by atomic mass is 79.9. The highest BCUT2D eigenvalue weighted by molar-refractivity contribution is 9.10. The molecule has 1 saturated carbocycles. The van der Waals surface area contributed by atoms with Crippen LogP contribution in [0.15, 0.2) is 34.9 Å². The Labute approximate surface area is 135 Å². The lowest BCUT2D eigenvalue weighted by molar-refractivity contribution is 0.624. The van der Waals surface area contributed by atoms with E-state index in [9.17, 15) is 4.39 Å². The summed E-state index contributed by atoms with van der Waals surface area (Å²) in [7, 11) is 0. The topological polar surface area (TPSA) is 41.9 Å². The van der Waals surface area contributed by atoms with E-state index >= 15 is 0 Å². The average Bonchev–Trinajstić information content (AvgIpc) is 3.18. The van der Waals surface area contributed by atoms with Crippen LogP contribution in [0.3, 0.4) is 0 Å². The van der Waals surface area contributed by atoms with Crippen molar-refractivity contribution < 1.29 is 4.39 Å². The zero-order valence-corrected chi connectivity index (χ0v) is 13.5. The molecule has 0 radical (unpaired) electrons. The molecule has 1 aliphatic carbocycles. The van der Waals surface area contributed by atoms with Crippen LogP contribution >= 0.6 is 28.1 Å². The summed E-state index contributed by atoms with van der Waals surface area (Å²) < 4.78 is 15.5. The maximum atomic E-state index is 12.9. The molecule has 0 unspecified atom stereocenters. The van der Waals surface area contributed by atoms with Gasteiger partial charge < -0.3 is 10.6 Å². The van der Waals surface area contributed by atoms with E-state index in [1.165, 1.54) is 25.0 Å². The van der Waals surface area contributed by atoms with Crippen LogP contribution in [0.2, 0.25) is 0 Å². The van der Waals surface area contributed by atoms with Crippen LogP contribution in [0, 0.1) is 5.82 Å². The molecule has 1 heterocycles. The van der Waals surface area contributed by atoms with Crippen molar-refractivity contribution in [1.29, 1.82) is 0 Å². The second-order valence-electron chi connectivity index (χ2n) is 5.02. The Morgan fingerprint density at radius 1 is 1.38 bits per heavy atom. The van der Waals surface area contributed by atoms with Gasteiger partial charge >= 0.3 is 0 Å². The van der Waals surface area contributed by atoms with Gasteiger partial charge in [0, 0.05) is 12.2 Å². The van der Waals surface area contributed by atoms with Crippen molar-refractivity contribution in [2.45, 2.75) is 25.4 Å². The molecule has 1 fully saturated rings. The van der Waals surface area contributed by atoms with Crippen LogP contribution in [0.1, 0.15) is 18.4 Å². The van der Waals surface area contributed by atoms with Crippen LogP contribution in [-0.2, 0) is 6.54 Å². The van der Waals surface area contributed by atoms with E-state index in [1.54, 1.807) is 16.8 Å². The molecule has 7 heteroatoms. The van der Waals surface area contributed by atoms with E-state index in [1.807, 2.05) is 6.20 Å². The number of nitrogens with zero attached hydrogens (tertiary/aromatic N) is 2. The van der Waals surface area contributed by atoms with Gasteiger partial charge in [-0.15, -0.1) is 0 Å². The van der Waals surface area contributed by atoms with Crippen molar-refractivity contribution in [3.05, 3.63) is 46.3 Å². The molecule has 0 saturated heterocycles. The first kappa shape index (κ1) is 14.5. The van der Waals surface area contributed by atoms with Crippen LogP contribution in [0.5, 0.6) is 0 Å². The van der Waals surface area contributed by atoms with Gasteiger partial charge in [-0.1, -0.05) is 12.1 Å². The molecule has 4 nitrogen and oxygen atoms in total. The van der Waals surface area contributed by atoms with Crippen molar-refractivity contribution >= 4 is 39.1 Å². The van der Waals surface area contributed by atoms with Crippen molar-refractivity contribution in [2.24, 2.45) is 0 Å². The number of benzene rings is 1. The molecule has 0 amide bonds. The van der Waals surface area contributed by atoms with Gasteiger partial charge in [-0.3, -0.25) is 4.68 Å². The molecular weight excluding hydrogens is 355 g/mol. The Morgan fingerprint density at radius 2 is 2.10 bits per heavy atom. The van der Waals surface area contributed by atoms with Crippen molar-refractivity contribution in [2.75, 3.05) is 5.32 Å². The summed E-state index contributed by atoms with van der Waals surface area (Å²) in [5.41, 5.74) is 0.983. The number of rotatable bonds is 4. The molecule has 2 aromatic rings. The first-order valence-corrected chi connectivity index (χ1v) is 7.85. The van der Waals surface area contributed by atoms with Gasteiger partial charge in [-0.25, -0.2) is 4.39 Å². The molecule has 2 N–H and O–H groups in total. The minimum atomic E-state index is -0.237. The van der Waals surface area contributed by atoms with Crippen LogP contribution in [0.25, 0.3) is 0 Å². The number of hydrogen-bond donors (Lipinski definition) is 2. The molecule has 1 aromatic carbocycles. The lowest BCUT2D eigenvalue weighted by Gasteiger charge is -2.07. The first-order valence-electron chi connectivity index (χ1n) is 6.65. The number of halogens is 2. The molecule has 21 heavy (non-hydrogen) atoms. The fraction of sp³-hybridized carbons (Fsp3) is 0.286. The minimum Gasteiger partial charge on any atom is -0.360 e. The summed E-state index contributed by atoms with van der Waals surface area (Å²) in [6, 6.07) is 6.89. The Hall–Kier alpha value is -1.47. The third kappa shape index (κ3) is 4.01. The standard InChI is InChI=1S/C14H14BrFN4S/c15-12-8-20(7-9-1-3-10(16)4-2-9)19-13(12)18-14(21)17-11-5-6-11/h1-4,8,11H,5-7H2,(H2,17,18,19,21). The fourth-order valence-corrected chi connectivity index (χ4v) is 2.57. The second-order valence-corrected chi connectivity index (χ2v) is 6.29. The summed E-state index contributed by atoms with van der Waals surface area (Å²) in [5, 5.41) is 11.3. The zero-order valence-electron chi connectivity index (χ0n) is 11.1. The number of hydrogen-bond acceptors (Lipinski definition) is 2. The molecule has 3 rings (SSSR count). The van der Waals surface area contributed by atoms with Gasteiger partial charge in [-0.05, 0) is 58.7 Å². The average molecular weight is 369 g/mol. The van der Waals surface area contributed by atoms with E-state index in [4.69, 9.17) is 12.2 Å². The predicted octanol–water partition coefficient (Wildman–Crippen LogP) is 3.28. The van der Waals surface area contributed by atoms with Gasteiger partial charge in [0.1, 0.15) is 5.82 Å². The smallest absolute Gasteiger partial charge is 0.172 e. The Balaban J connectivity index is 1.65. The highest BCUT2D eigenvalue weighted by Crippen LogP contribution is 2.22. The van der Waals surface area contributed by atoms with Crippen molar-refractivity contribution in [1.82, 2.24) is 15.1 Å². The Bertz CT molecular complexity index is 651. The third-order valence-electron chi connectivity index (χ3n) is 3.12. The second kappa shape index (κ2) is 6.11. The third-order valence-corrected chi connectivity index (χ3v) is 3.92. The van der Waals surface area contributed by atoms with Gasteiger partial charge in [0.2, 0.25) is 0 Å². The van der Waals surface area contributed by atoms with E-state index in [0.29, 0.717) is 23.5 Å². The van der Waals surface area contributed by atoms with E-state index in [2.05, 4.69) is 31.7 Å². The molecular formula is C14H14BrFN4S. The Kier molecular flexibility index (Phi) is 4.21. The first-order chi connectivity index (χ1) is 10.1. The number of anilines is 1. The summed E-state index contributed by atoms with van der Waals surface area (Å²) >= 11 is 8.69. The maximum absolute atomic E-state index is 12.9. The maximum Gasteiger partial charge on any atom is 0.172 e. The van der Waals surface area contributed by atoms with Gasteiger partial charge in [0.25, 0.3) is 0 Å². The molecule has 1 aromatic heterocycles. The predicted molar refractivity (Wildman–Crippen MR) is 87.8 cm³/mol. The summed E-state index contributed by atoms with van der Waals surface area (Å²) in [4.78, 5) is 0. The quantitative estimate of drug-likeness (QED) is 0.812. The van der Waals surface area contributed by atoms with Gasteiger partial charge in [0.15, 0.2) is 10.9 Å². The Morgan fingerprint density at radius 3 is 2.76 bits per heavy atom. The van der Waals surface area contributed by atoms with Crippen molar-refractivity contribution in [3.63, 3.8) is 0 Å². The number of nitrogens with one attached hydrogen (secondary N) is 2. The summed E-state index contributed by atoms with van der Waals surface area (Å²) in [5.74, 6) is 0.439. The van der Waals surface area contributed by atoms with E-state index < -0.39 is 0 Å². The highest BCUT2D eigenvalue weighted by Gasteiger charge is 2.22. The van der Waals surface area contributed by atoms with Crippen LogP contribution < -0.4 is 10.6 Å². The van der Waals surface area contributed by atoms with Gasteiger partial charge in [0.05, 0.1) is 11.0 Å². The SMILES string of the molecule is Fc1ccc(Cn2cc(Br)c(NC(=S)NC3CC3)n2)cc1. The lowest BCUT2D eigenvalue weighted by atomic mass is 10.2. The van der Waals surface area contributed by atoms with Crippen molar-refractivity contribution in [3.8, 4) is 0 Å². The lowest BCUT2D eigenvalue weighted by Crippen LogP contribution is -2.30. The normalized spacial score (nSPS) is 14.0. The largest absolute Gasteiger partial charge is 0.360 e. The van der Waals surface area contributed by atoms with E-state index in [0.717, 1.165) is 10.0 Å².